The van der Waals surface area contributed by atoms with Gasteiger partial charge in [0.05, 0.1) is 31.4 Å². The van der Waals surface area contributed by atoms with Gasteiger partial charge >= 0.3 is 5.97 Å². The first-order chi connectivity index (χ1) is 15.3. The third-order valence-electron chi connectivity index (χ3n) is 4.79. The number of fused-ring (bicyclic) bond motifs is 1. The predicted molar refractivity (Wildman–Crippen MR) is 123 cm³/mol. The summed E-state index contributed by atoms with van der Waals surface area (Å²) in [4.78, 5) is 57.5. The second kappa shape index (κ2) is 10.5. The van der Waals surface area contributed by atoms with E-state index < -0.39 is 11.5 Å². The van der Waals surface area contributed by atoms with Crippen LogP contribution in [0.2, 0.25) is 0 Å². The van der Waals surface area contributed by atoms with E-state index in [0.717, 1.165) is 16.2 Å². The number of nitrogens with zero attached hydrogens (tertiary/aromatic N) is 3. The molecule has 0 unspecified atom stereocenters. The van der Waals surface area contributed by atoms with Crippen molar-refractivity contribution < 1.29 is 19.1 Å². The summed E-state index contributed by atoms with van der Waals surface area (Å²) < 4.78 is 6.24. The van der Waals surface area contributed by atoms with Gasteiger partial charge in [-0.1, -0.05) is 6.07 Å². The molecule has 0 aliphatic heterocycles. The van der Waals surface area contributed by atoms with Crippen LogP contribution in [-0.4, -0.2) is 51.9 Å². The lowest BCUT2D eigenvalue weighted by molar-refractivity contribution is -0.136. The molecule has 0 saturated carbocycles. The van der Waals surface area contributed by atoms with E-state index in [1.807, 2.05) is 17.5 Å². The summed E-state index contributed by atoms with van der Waals surface area (Å²) in [5.41, 5.74) is 0.0777. The number of hydrogen-bond acceptors (Lipinski definition) is 8. The first-order valence-electron chi connectivity index (χ1n) is 10.1. The molecule has 170 valence electrons. The number of carbonyl (C=O) groups excluding carboxylic acids is 3. The van der Waals surface area contributed by atoms with Crippen LogP contribution in [0.4, 0.5) is 0 Å². The molecule has 0 aliphatic rings. The molecule has 0 fully saturated rings. The van der Waals surface area contributed by atoms with E-state index in [1.165, 1.54) is 27.1 Å². The largest absolute Gasteiger partial charge is 0.462 e. The molecule has 11 heteroatoms. The van der Waals surface area contributed by atoms with E-state index in [9.17, 15) is 19.2 Å². The quantitative estimate of drug-likeness (QED) is 0.474. The van der Waals surface area contributed by atoms with Crippen LogP contribution in [0.25, 0.3) is 10.2 Å². The first-order valence-corrected chi connectivity index (χ1v) is 11.8. The SMILES string of the molecule is CCOC(=O)c1sc2ncn(CC(=O)N(CC)CC(=O)NCc3cccs3)c(=O)c2c1C. The lowest BCUT2D eigenvalue weighted by Crippen LogP contribution is -2.42. The van der Waals surface area contributed by atoms with E-state index in [4.69, 9.17) is 4.74 Å². The zero-order valence-electron chi connectivity index (χ0n) is 18.0. The molecule has 0 atom stereocenters. The molecule has 1 N–H and O–H groups in total. The van der Waals surface area contributed by atoms with Crippen molar-refractivity contribution in [2.45, 2.75) is 33.9 Å². The van der Waals surface area contributed by atoms with Gasteiger partial charge in [-0.25, -0.2) is 9.78 Å². The van der Waals surface area contributed by atoms with Crippen LogP contribution >= 0.6 is 22.7 Å². The molecule has 0 saturated heterocycles. The van der Waals surface area contributed by atoms with Gasteiger partial charge in [-0.3, -0.25) is 19.0 Å². The van der Waals surface area contributed by atoms with Crippen LogP contribution in [0.3, 0.4) is 0 Å². The van der Waals surface area contributed by atoms with E-state index >= 15 is 0 Å². The Bertz CT molecular complexity index is 1180. The highest BCUT2D eigenvalue weighted by Gasteiger charge is 2.22. The second-order valence-electron chi connectivity index (χ2n) is 6.90. The molecule has 9 nitrogen and oxygen atoms in total. The fraction of sp³-hybridized carbons (Fsp3) is 0.381. The maximum atomic E-state index is 13.0. The summed E-state index contributed by atoms with van der Waals surface area (Å²) in [6.07, 6.45) is 1.29. The van der Waals surface area contributed by atoms with Crippen molar-refractivity contribution in [1.29, 1.82) is 0 Å². The molecule has 32 heavy (non-hydrogen) atoms. The van der Waals surface area contributed by atoms with Crippen LogP contribution in [0.1, 0.15) is 34.0 Å². The van der Waals surface area contributed by atoms with Gasteiger partial charge in [0, 0.05) is 11.4 Å². The Morgan fingerprint density at radius 3 is 2.72 bits per heavy atom. The van der Waals surface area contributed by atoms with Crippen LogP contribution in [-0.2, 0) is 27.4 Å². The number of amides is 2. The summed E-state index contributed by atoms with van der Waals surface area (Å²) in [6.45, 7) is 5.74. The van der Waals surface area contributed by atoms with E-state index in [-0.39, 0.29) is 31.5 Å². The number of nitrogens with one attached hydrogen (secondary N) is 1. The fourth-order valence-electron chi connectivity index (χ4n) is 3.11. The van der Waals surface area contributed by atoms with Crippen molar-refractivity contribution >= 4 is 50.7 Å². The number of thiophene rings is 2. The molecular formula is C21H24N4O5S2. The Hall–Kier alpha value is -3.05. The van der Waals surface area contributed by atoms with Crippen molar-refractivity contribution in [2.75, 3.05) is 19.7 Å². The molecule has 0 radical (unpaired) electrons. The Morgan fingerprint density at radius 1 is 1.28 bits per heavy atom. The molecule has 0 bridgehead atoms. The summed E-state index contributed by atoms with van der Waals surface area (Å²) >= 11 is 2.63. The second-order valence-corrected chi connectivity index (χ2v) is 8.93. The molecule has 0 aromatic carbocycles. The smallest absolute Gasteiger partial charge is 0.348 e. The summed E-state index contributed by atoms with van der Waals surface area (Å²) in [6, 6.07) is 3.82. The zero-order valence-corrected chi connectivity index (χ0v) is 19.7. The van der Waals surface area contributed by atoms with Crippen LogP contribution in [0, 0.1) is 6.92 Å². The third-order valence-corrected chi connectivity index (χ3v) is 6.85. The Kier molecular flexibility index (Phi) is 7.75. The number of carbonyl (C=O) groups is 3. The lowest BCUT2D eigenvalue weighted by Gasteiger charge is -2.20. The minimum absolute atomic E-state index is 0.102. The minimum atomic E-state index is -0.499. The highest BCUT2D eigenvalue weighted by molar-refractivity contribution is 7.20. The van der Waals surface area contributed by atoms with Crippen LogP contribution in [0.15, 0.2) is 28.6 Å². The Labute approximate surface area is 192 Å². The number of aromatic nitrogens is 2. The van der Waals surface area contributed by atoms with Gasteiger partial charge in [-0.2, -0.15) is 0 Å². The third kappa shape index (κ3) is 5.22. The predicted octanol–water partition coefficient (Wildman–Crippen LogP) is 2.17. The first kappa shape index (κ1) is 23.6. The number of rotatable bonds is 9. The van der Waals surface area contributed by atoms with Gasteiger partial charge < -0.3 is 15.0 Å². The number of likely N-dealkylation sites (N-methyl/N-ethyl adjacent to an activating group) is 1. The summed E-state index contributed by atoms with van der Waals surface area (Å²) in [5.74, 6) is -1.15. The molecule has 3 rings (SSSR count). The van der Waals surface area contributed by atoms with Gasteiger partial charge in [-0.05, 0) is 37.8 Å². The van der Waals surface area contributed by atoms with Crippen molar-refractivity contribution in [3.63, 3.8) is 0 Å². The van der Waals surface area contributed by atoms with Crippen molar-refractivity contribution in [3.05, 3.63) is 49.5 Å². The van der Waals surface area contributed by atoms with Gasteiger partial charge in [0.2, 0.25) is 11.8 Å². The van der Waals surface area contributed by atoms with Crippen molar-refractivity contribution in [3.8, 4) is 0 Å². The molecule has 3 aromatic rings. The normalized spacial score (nSPS) is 10.8. The zero-order chi connectivity index (χ0) is 23.3. The van der Waals surface area contributed by atoms with Gasteiger partial charge in [0.15, 0.2) is 0 Å². The molecule has 3 aromatic heterocycles. The van der Waals surface area contributed by atoms with Gasteiger partial charge in [0.1, 0.15) is 16.3 Å². The van der Waals surface area contributed by atoms with Crippen molar-refractivity contribution in [2.24, 2.45) is 0 Å². The number of hydrogen-bond donors (Lipinski definition) is 1. The lowest BCUT2D eigenvalue weighted by atomic mass is 10.2. The number of esters is 1. The van der Waals surface area contributed by atoms with E-state index in [2.05, 4.69) is 10.3 Å². The molecule has 2 amide bonds. The van der Waals surface area contributed by atoms with Gasteiger partial charge in [0.25, 0.3) is 5.56 Å². The molecular weight excluding hydrogens is 452 g/mol. The van der Waals surface area contributed by atoms with Crippen LogP contribution < -0.4 is 10.9 Å². The Balaban J connectivity index is 1.72. The van der Waals surface area contributed by atoms with Crippen LogP contribution in [0.5, 0.6) is 0 Å². The molecule has 3 heterocycles. The summed E-state index contributed by atoms with van der Waals surface area (Å²) in [7, 11) is 0. The summed E-state index contributed by atoms with van der Waals surface area (Å²) in [5, 5.41) is 5.01. The van der Waals surface area contributed by atoms with E-state index in [1.54, 1.807) is 20.8 Å². The fourth-order valence-corrected chi connectivity index (χ4v) is 4.79. The van der Waals surface area contributed by atoms with Crippen molar-refractivity contribution in [1.82, 2.24) is 19.8 Å². The topological polar surface area (TPSA) is 111 Å². The highest BCUT2D eigenvalue weighted by Crippen LogP contribution is 2.27. The number of aryl methyl sites for hydroxylation is 1. The maximum absolute atomic E-state index is 13.0. The minimum Gasteiger partial charge on any atom is -0.462 e. The molecule has 0 spiro atoms. The van der Waals surface area contributed by atoms with Gasteiger partial charge in [-0.15, -0.1) is 22.7 Å². The monoisotopic (exact) mass is 476 g/mol. The van der Waals surface area contributed by atoms with E-state index in [0.29, 0.717) is 33.7 Å². The highest BCUT2D eigenvalue weighted by atomic mass is 32.1. The average Bonchev–Trinajstić information content (AvgIpc) is 3.40. The average molecular weight is 477 g/mol. The number of ether oxygens (including phenoxy) is 1. The standard InChI is InChI=1S/C21H24N4O5S2/c1-4-24(10-15(26)22-9-14-7-6-8-31-14)16(27)11-25-12-23-19-17(20(25)28)13(3)18(32-19)21(29)30-5-2/h6-8,12H,4-5,9-11H2,1-3H3,(H,22,26). The Morgan fingerprint density at radius 2 is 2.06 bits per heavy atom. The maximum Gasteiger partial charge on any atom is 0.348 e. The molecule has 0 aliphatic carbocycles.